The van der Waals surface area contributed by atoms with E-state index in [9.17, 15) is 9.90 Å². The van der Waals surface area contributed by atoms with Gasteiger partial charge in [0.1, 0.15) is 0 Å². The third-order valence-electron chi connectivity index (χ3n) is 2.86. The molecule has 0 amide bonds. The number of hydrogen-bond acceptors (Lipinski definition) is 1. The Morgan fingerprint density at radius 1 is 1.40 bits per heavy atom. The van der Waals surface area contributed by atoms with E-state index in [2.05, 4.69) is 0 Å². The second-order valence-corrected chi connectivity index (χ2v) is 3.92. The van der Waals surface area contributed by atoms with E-state index < -0.39 is 11.4 Å². The lowest BCUT2D eigenvalue weighted by atomic mass is 9.76. The number of carboxylic acids is 1. The van der Waals surface area contributed by atoms with Crippen molar-refractivity contribution in [3.05, 3.63) is 35.9 Å². The van der Waals surface area contributed by atoms with Crippen LogP contribution in [-0.4, -0.2) is 17.0 Å². The molecule has 0 saturated heterocycles. The highest BCUT2D eigenvalue weighted by Crippen LogP contribution is 2.32. The van der Waals surface area contributed by atoms with Gasteiger partial charge in [-0.1, -0.05) is 37.3 Å². The minimum atomic E-state index is -0.830. The Bertz CT molecular complexity index is 324. The zero-order valence-electron chi connectivity index (χ0n) is 8.74. The van der Waals surface area contributed by atoms with Crippen LogP contribution in [0.5, 0.6) is 0 Å². The number of carboxylic acid groups (broad SMARTS) is 1. The molecule has 0 aliphatic heterocycles. The monoisotopic (exact) mass is 226 g/mol. The zero-order chi connectivity index (χ0) is 11.3. The third-order valence-corrected chi connectivity index (χ3v) is 3.05. The molecule has 0 spiro atoms. The van der Waals surface area contributed by atoms with Crippen LogP contribution in [0.4, 0.5) is 0 Å². The van der Waals surface area contributed by atoms with Gasteiger partial charge in [0.15, 0.2) is 0 Å². The summed E-state index contributed by atoms with van der Waals surface area (Å²) in [6, 6.07) is 9.30. The van der Waals surface area contributed by atoms with Crippen molar-refractivity contribution in [3.63, 3.8) is 0 Å². The van der Waals surface area contributed by atoms with E-state index >= 15 is 0 Å². The van der Waals surface area contributed by atoms with Gasteiger partial charge in [0.05, 0.1) is 5.41 Å². The fourth-order valence-electron chi connectivity index (χ4n) is 1.83. The van der Waals surface area contributed by atoms with Gasteiger partial charge in [0.25, 0.3) is 0 Å². The van der Waals surface area contributed by atoms with Gasteiger partial charge in [-0.05, 0) is 18.4 Å². The molecule has 3 heteroatoms. The van der Waals surface area contributed by atoms with Crippen molar-refractivity contribution < 1.29 is 9.90 Å². The minimum absolute atomic E-state index is 0.356. The Hall–Kier alpha value is -1.02. The Morgan fingerprint density at radius 2 is 2.00 bits per heavy atom. The van der Waals surface area contributed by atoms with E-state index in [1.54, 1.807) is 0 Å². The summed E-state index contributed by atoms with van der Waals surface area (Å²) in [5.74, 6) is -0.438. The molecule has 0 radical (unpaired) electrons. The molecule has 2 nitrogen and oxygen atoms in total. The summed E-state index contributed by atoms with van der Waals surface area (Å²) in [6.45, 7) is 1.88. The molecule has 0 saturated carbocycles. The lowest BCUT2D eigenvalue weighted by Crippen LogP contribution is -2.35. The van der Waals surface area contributed by atoms with Gasteiger partial charge in [0.2, 0.25) is 0 Å². The molecule has 0 aliphatic carbocycles. The van der Waals surface area contributed by atoms with Crippen LogP contribution in [0.2, 0.25) is 0 Å². The number of aliphatic carboxylic acids is 1. The van der Waals surface area contributed by atoms with Crippen molar-refractivity contribution in [1.82, 2.24) is 0 Å². The van der Waals surface area contributed by atoms with Crippen LogP contribution in [0.15, 0.2) is 30.3 Å². The van der Waals surface area contributed by atoms with Crippen molar-refractivity contribution in [1.29, 1.82) is 0 Å². The maximum Gasteiger partial charge on any atom is 0.314 e. The van der Waals surface area contributed by atoms with Crippen LogP contribution in [-0.2, 0) is 10.2 Å². The predicted octanol–water partition coefficient (Wildman–Crippen LogP) is 3.05. The number of hydrogen-bond donors (Lipinski definition) is 1. The summed E-state index contributed by atoms with van der Waals surface area (Å²) in [5, 5.41) is 9.35. The van der Waals surface area contributed by atoms with Crippen molar-refractivity contribution >= 4 is 17.6 Å². The van der Waals surface area contributed by atoms with Crippen LogP contribution in [0.1, 0.15) is 25.3 Å². The van der Waals surface area contributed by atoms with Gasteiger partial charge >= 0.3 is 5.97 Å². The first-order chi connectivity index (χ1) is 7.17. The Balaban J connectivity index is 3.15. The standard InChI is InChI=1S/C12H15ClO2/c1-2-12(8-9-13,11(14)15)10-6-4-3-5-7-10/h3-7H,2,8-9H2,1H3,(H,14,15). The number of halogens is 1. The molecule has 82 valence electrons. The second-order valence-electron chi connectivity index (χ2n) is 3.55. The van der Waals surface area contributed by atoms with Gasteiger partial charge < -0.3 is 5.11 Å². The van der Waals surface area contributed by atoms with Crippen molar-refractivity contribution in [2.75, 3.05) is 5.88 Å². The molecule has 1 rings (SSSR count). The van der Waals surface area contributed by atoms with Crippen LogP contribution >= 0.6 is 11.6 Å². The first-order valence-electron chi connectivity index (χ1n) is 5.02. The van der Waals surface area contributed by atoms with E-state index in [0.29, 0.717) is 18.7 Å². The third kappa shape index (κ3) is 2.32. The summed E-state index contributed by atoms with van der Waals surface area (Å²) >= 11 is 5.70. The molecule has 0 bridgehead atoms. The molecule has 0 fully saturated rings. The maximum absolute atomic E-state index is 11.4. The van der Waals surface area contributed by atoms with Crippen LogP contribution in [0.25, 0.3) is 0 Å². The number of benzene rings is 1. The number of carbonyl (C=O) groups is 1. The van der Waals surface area contributed by atoms with Crippen molar-refractivity contribution in [2.45, 2.75) is 25.2 Å². The summed E-state index contributed by atoms with van der Waals surface area (Å²) in [7, 11) is 0. The minimum Gasteiger partial charge on any atom is -0.481 e. The fourth-order valence-corrected chi connectivity index (χ4v) is 2.15. The smallest absolute Gasteiger partial charge is 0.314 e. The van der Waals surface area contributed by atoms with Gasteiger partial charge in [0, 0.05) is 5.88 Å². The fraction of sp³-hybridized carbons (Fsp3) is 0.417. The number of alkyl halides is 1. The van der Waals surface area contributed by atoms with Crippen LogP contribution < -0.4 is 0 Å². The van der Waals surface area contributed by atoms with Gasteiger partial charge in [-0.15, -0.1) is 11.6 Å². The van der Waals surface area contributed by atoms with Gasteiger partial charge in [-0.2, -0.15) is 0 Å². The Kier molecular flexibility index (Phi) is 4.15. The maximum atomic E-state index is 11.4. The number of rotatable bonds is 5. The largest absolute Gasteiger partial charge is 0.481 e. The molecule has 0 aliphatic rings. The van der Waals surface area contributed by atoms with E-state index in [1.165, 1.54) is 0 Å². The summed E-state index contributed by atoms with van der Waals surface area (Å²) < 4.78 is 0. The van der Waals surface area contributed by atoms with E-state index in [4.69, 9.17) is 11.6 Å². The van der Waals surface area contributed by atoms with Gasteiger partial charge in [-0.3, -0.25) is 4.79 Å². The topological polar surface area (TPSA) is 37.3 Å². The molecule has 1 aromatic rings. The quantitative estimate of drug-likeness (QED) is 0.784. The molecular formula is C12H15ClO2. The predicted molar refractivity (Wildman–Crippen MR) is 61.4 cm³/mol. The highest BCUT2D eigenvalue weighted by molar-refractivity contribution is 6.18. The average molecular weight is 227 g/mol. The van der Waals surface area contributed by atoms with Gasteiger partial charge in [-0.25, -0.2) is 0 Å². The van der Waals surface area contributed by atoms with Crippen molar-refractivity contribution in [2.24, 2.45) is 0 Å². The highest BCUT2D eigenvalue weighted by atomic mass is 35.5. The zero-order valence-corrected chi connectivity index (χ0v) is 9.50. The van der Waals surface area contributed by atoms with Crippen LogP contribution in [0, 0.1) is 0 Å². The second kappa shape index (κ2) is 5.17. The lowest BCUT2D eigenvalue weighted by Gasteiger charge is -2.27. The molecule has 1 aromatic carbocycles. The highest BCUT2D eigenvalue weighted by Gasteiger charge is 2.37. The summed E-state index contributed by atoms with van der Waals surface area (Å²) in [4.78, 5) is 11.4. The molecule has 1 atom stereocenters. The molecule has 1 unspecified atom stereocenters. The lowest BCUT2D eigenvalue weighted by molar-refractivity contribution is -0.144. The summed E-state index contributed by atoms with van der Waals surface area (Å²) in [5.41, 5.74) is 0.00359. The van der Waals surface area contributed by atoms with Crippen LogP contribution in [0.3, 0.4) is 0 Å². The molecule has 0 heterocycles. The average Bonchev–Trinajstić information content (AvgIpc) is 2.26. The SMILES string of the molecule is CCC(CCCl)(C(=O)O)c1ccccc1. The van der Waals surface area contributed by atoms with Crippen molar-refractivity contribution in [3.8, 4) is 0 Å². The summed E-state index contributed by atoms with van der Waals surface area (Å²) in [6.07, 6.45) is 1.02. The Labute approximate surface area is 94.9 Å². The Morgan fingerprint density at radius 3 is 2.40 bits per heavy atom. The van der Waals surface area contributed by atoms with E-state index in [1.807, 2.05) is 37.3 Å². The molecular weight excluding hydrogens is 212 g/mol. The normalized spacial score (nSPS) is 14.5. The first-order valence-corrected chi connectivity index (χ1v) is 5.55. The first kappa shape index (κ1) is 12.1. The molecule has 1 N–H and O–H groups in total. The molecule has 15 heavy (non-hydrogen) atoms. The molecule has 0 aromatic heterocycles. The van der Waals surface area contributed by atoms with E-state index in [0.717, 1.165) is 5.56 Å². The van der Waals surface area contributed by atoms with E-state index in [-0.39, 0.29) is 0 Å².